The molecular weight excluding hydrogens is 190 g/mol. The lowest BCUT2D eigenvalue weighted by molar-refractivity contribution is 1.19. The summed E-state index contributed by atoms with van der Waals surface area (Å²) in [5.74, 6) is 0. The molecule has 3 aromatic rings. The number of nitrogen functional groups attached to an aromatic ring is 1. The zero-order valence-corrected chi connectivity index (χ0v) is 7.90. The Labute approximate surface area is 85.0 Å². The summed E-state index contributed by atoms with van der Waals surface area (Å²) in [5.41, 5.74) is 8.55. The van der Waals surface area contributed by atoms with E-state index in [2.05, 4.69) is 4.98 Å². The van der Waals surface area contributed by atoms with E-state index in [4.69, 9.17) is 5.73 Å². The van der Waals surface area contributed by atoms with Gasteiger partial charge in [-0.15, -0.1) is 0 Å². The average molecular weight is 199 g/mol. The lowest BCUT2D eigenvalue weighted by Gasteiger charge is -2.03. The molecule has 2 heterocycles. The Morgan fingerprint density at radius 3 is 2.93 bits per heavy atom. The van der Waals surface area contributed by atoms with Gasteiger partial charge in [-0.3, -0.25) is 4.79 Å². The van der Waals surface area contributed by atoms with E-state index in [1.807, 2.05) is 28.8 Å². The third kappa shape index (κ3) is 1.05. The summed E-state index contributed by atoms with van der Waals surface area (Å²) in [4.78, 5) is 14.5. The number of aromatic nitrogens is 2. The van der Waals surface area contributed by atoms with Crippen LogP contribution in [0.2, 0.25) is 0 Å². The molecule has 1 aromatic carbocycles. The Bertz CT molecular complexity index is 708. The van der Waals surface area contributed by atoms with Gasteiger partial charge in [0.1, 0.15) is 5.52 Å². The van der Waals surface area contributed by atoms with Crippen molar-refractivity contribution in [2.45, 2.75) is 0 Å². The predicted octanol–water partition coefficient (Wildman–Crippen LogP) is 1.36. The second kappa shape index (κ2) is 2.63. The van der Waals surface area contributed by atoms with Crippen molar-refractivity contribution < 1.29 is 0 Å². The number of nitrogens with two attached hydrogens (primary N) is 1. The summed E-state index contributed by atoms with van der Waals surface area (Å²) in [6.45, 7) is 0. The van der Waals surface area contributed by atoms with Gasteiger partial charge in [0, 0.05) is 11.9 Å². The minimum Gasteiger partial charge on any atom is -0.399 e. The molecular formula is C11H9N3O. The molecule has 0 amide bonds. The first kappa shape index (κ1) is 8.11. The molecule has 0 unspecified atom stereocenters. The number of H-pyrrole nitrogens is 1. The third-order valence-electron chi connectivity index (χ3n) is 2.51. The maximum absolute atomic E-state index is 11.6. The highest BCUT2D eigenvalue weighted by Crippen LogP contribution is 2.15. The van der Waals surface area contributed by atoms with Gasteiger partial charge in [-0.1, -0.05) is 0 Å². The largest absolute Gasteiger partial charge is 0.399 e. The quantitative estimate of drug-likeness (QED) is 0.537. The van der Waals surface area contributed by atoms with E-state index in [1.165, 1.54) is 0 Å². The fourth-order valence-electron chi connectivity index (χ4n) is 1.83. The average Bonchev–Trinajstić information content (AvgIpc) is 2.66. The van der Waals surface area contributed by atoms with Crippen LogP contribution in [0, 0.1) is 0 Å². The van der Waals surface area contributed by atoms with E-state index < -0.39 is 0 Å². The van der Waals surface area contributed by atoms with Crippen LogP contribution in [0.1, 0.15) is 0 Å². The number of hydrogen-bond donors (Lipinski definition) is 2. The van der Waals surface area contributed by atoms with Gasteiger partial charge in [0.25, 0.3) is 5.56 Å². The number of rotatable bonds is 0. The summed E-state index contributed by atoms with van der Waals surface area (Å²) in [6.07, 6.45) is 1.86. The molecule has 0 fully saturated rings. The molecule has 4 nitrogen and oxygen atoms in total. The second-order valence-corrected chi connectivity index (χ2v) is 3.49. The Morgan fingerprint density at radius 1 is 1.20 bits per heavy atom. The maximum Gasteiger partial charge on any atom is 0.272 e. The van der Waals surface area contributed by atoms with Gasteiger partial charge < -0.3 is 15.1 Å². The number of nitrogens with zero attached hydrogens (tertiary/aromatic N) is 1. The van der Waals surface area contributed by atoms with E-state index >= 15 is 0 Å². The molecule has 0 bridgehead atoms. The molecule has 0 atom stereocenters. The molecule has 0 aliphatic heterocycles. The molecule has 0 saturated heterocycles. The summed E-state index contributed by atoms with van der Waals surface area (Å²) in [5, 5.41) is 0. The lowest BCUT2D eigenvalue weighted by Crippen LogP contribution is -2.09. The summed E-state index contributed by atoms with van der Waals surface area (Å²) in [6, 6.07) is 9.11. The standard InChI is InChI=1S/C11H9N3O/c12-7-3-4-9-8(6-7)13-11(15)10-2-1-5-14(9)10/h1-6H,12H2,(H,13,15). The summed E-state index contributed by atoms with van der Waals surface area (Å²) < 4.78 is 1.85. The number of fused-ring (bicyclic) bond motifs is 3. The van der Waals surface area contributed by atoms with Crippen LogP contribution >= 0.6 is 0 Å². The normalized spacial score (nSPS) is 11.2. The second-order valence-electron chi connectivity index (χ2n) is 3.49. The molecule has 0 spiro atoms. The first-order valence-corrected chi connectivity index (χ1v) is 4.64. The van der Waals surface area contributed by atoms with Gasteiger partial charge in [-0.05, 0) is 30.3 Å². The molecule has 0 radical (unpaired) electrons. The highest BCUT2D eigenvalue weighted by Gasteiger charge is 2.03. The van der Waals surface area contributed by atoms with Gasteiger partial charge in [0.2, 0.25) is 0 Å². The van der Waals surface area contributed by atoms with Crippen LogP contribution in [0.25, 0.3) is 16.6 Å². The smallest absolute Gasteiger partial charge is 0.272 e. The van der Waals surface area contributed by atoms with Gasteiger partial charge >= 0.3 is 0 Å². The van der Waals surface area contributed by atoms with Crippen LogP contribution in [0.15, 0.2) is 41.3 Å². The van der Waals surface area contributed by atoms with Crippen LogP contribution < -0.4 is 11.3 Å². The Balaban J connectivity index is 2.66. The van der Waals surface area contributed by atoms with Gasteiger partial charge in [0.05, 0.1) is 11.0 Å². The van der Waals surface area contributed by atoms with Crippen LogP contribution in [-0.2, 0) is 0 Å². The van der Waals surface area contributed by atoms with Crippen molar-refractivity contribution in [3.8, 4) is 0 Å². The van der Waals surface area contributed by atoms with Crippen LogP contribution in [0.5, 0.6) is 0 Å². The molecule has 15 heavy (non-hydrogen) atoms. The lowest BCUT2D eigenvalue weighted by atomic mass is 10.2. The number of aromatic amines is 1. The van der Waals surface area contributed by atoms with Gasteiger partial charge in [-0.25, -0.2) is 0 Å². The highest BCUT2D eigenvalue weighted by molar-refractivity contribution is 5.81. The van der Waals surface area contributed by atoms with Crippen molar-refractivity contribution in [2.75, 3.05) is 5.73 Å². The summed E-state index contributed by atoms with van der Waals surface area (Å²) in [7, 11) is 0. The number of hydrogen-bond acceptors (Lipinski definition) is 2. The van der Waals surface area contributed by atoms with Crippen molar-refractivity contribution in [1.29, 1.82) is 0 Å². The van der Waals surface area contributed by atoms with Crippen molar-refractivity contribution in [1.82, 2.24) is 9.38 Å². The van der Waals surface area contributed by atoms with Crippen molar-refractivity contribution >= 4 is 22.2 Å². The Morgan fingerprint density at radius 2 is 2.07 bits per heavy atom. The molecule has 4 heteroatoms. The van der Waals surface area contributed by atoms with Gasteiger partial charge in [-0.2, -0.15) is 0 Å². The van der Waals surface area contributed by atoms with E-state index in [-0.39, 0.29) is 5.56 Å². The first-order chi connectivity index (χ1) is 7.25. The van der Waals surface area contributed by atoms with Crippen molar-refractivity contribution in [3.05, 3.63) is 46.9 Å². The highest BCUT2D eigenvalue weighted by atomic mass is 16.1. The third-order valence-corrected chi connectivity index (χ3v) is 2.51. The van der Waals surface area contributed by atoms with Crippen molar-refractivity contribution in [3.63, 3.8) is 0 Å². The molecule has 0 saturated carbocycles. The topological polar surface area (TPSA) is 63.3 Å². The van der Waals surface area contributed by atoms with E-state index in [0.29, 0.717) is 11.2 Å². The van der Waals surface area contributed by atoms with Crippen LogP contribution in [0.3, 0.4) is 0 Å². The zero-order valence-electron chi connectivity index (χ0n) is 7.90. The molecule has 0 aliphatic rings. The maximum atomic E-state index is 11.6. The fourth-order valence-corrected chi connectivity index (χ4v) is 1.83. The Hall–Kier alpha value is -2.23. The van der Waals surface area contributed by atoms with E-state index in [1.54, 1.807) is 12.1 Å². The zero-order chi connectivity index (χ0) is 10.4. The molecule has 0 aliphatic carbocycles. The van der Waals surface area contributed by atoms with E-state index in [9.17, 15) is 4.79 Å². The molecule has 74 valence electrons. The minimum atomic E-state index is -0.0990. The number of anilines is 1. The van der Waals surface area contributed by atoms with Crippen LogP contribution in [-0.4, -0.2) is 9.38 Å². The number of nitrogens with one attached hydrogen (secondary N) is 1. The minimum absolute atomic E-state index is 0.0990. The van der Waals surface area contributed by atoms with Crippen molar-refractivity contribution in [2.24, 2.45) is 0 Å². The SMILES string of the molecule is Nc1ccc2c(c1)[nH]c(=O)c1cccn12. The van der Waals surface area contributed by atoms with Gasteiger partial charge in [0.15, 0.2) is 0 Å². The number of benzene rings is 1. The predicted molar refractivity (Wildman–Crippen MR) is 59.9 cm³/mol. The molecule has 2 aromatic heterocycles. The molecule has 3 N–H and O–H groups in total. The fraction of sp³-hybridized carbons (Fsp3) is 0. The summed E-state index contributed by atoms with van der Waals surface area (Å²) >= 11 is 0. The Kier molecular flexibility index (Phi) is 1.42. The molecule has 3 rings (SSSR count). The van der Waals surface area contributed by atoms with Crippen LogP contribution in [0.4, 0.5) is 5.69 Å². The monoisotopic (exact) mass is 199 g/mol. The van der Waals surface area contributed by atoms with E-state index in [0.717, 1.165) is 11.0 Å². The first-order valence-electron chi connectivity index (χ1n) is 4.64.